The molecule has 8 nitrogen and oxygen atoms in total. The molecule has 0 amide bonds. The van der Waals surface area contributed by atoms with Crippen LogP contribution >= 0.6 is 0 Å². The fourth-order valence-electron chi connectivity index (χ4n) is 5.61. The summed E-state index contributed by atoms with van der Waals surface area (Å²) in [6.07, 6.45) is 1.95. The Labute approximate surface area is 212 Å². The summed E-state index contributed by atoms with van der Waals surface area (Å²) in [7, 11) is 0. The first kappa shape index (κ1) is 24.4. The van der Waals surface area contributed by atoms with Crippen LogP contribution in [0.3, 0.4) is 0 Å². The van der Waals surface area contributed by atoms with Crippen molar-refractivity contribution in [3.8, 4) is 6.07 Å². The molecule has 8 heteroatoms. The Morgan fingerprint density at radius 3 is 2.75 bits per heavy atom. The Bertz CT molecular complexity index is 1270. The summed E-state index contributed by atoms with van der Waals surface area (Å²) in [5, 5.41) is 20.1. The molecule has 2 saturated heterocycles. The predicted molar refractivity (Wildman–Crippen MR) is 141 cm³/mol. The van der Waals surface area contributed by atoms with Crippen LogP contribution < -0.4 is 9.80 Å². The van der Waals surface area contributed by atoms with Gasteiger partial charge in [-0.1, -0.05) is 0 Å². The molecule has 0 aliphatic carbocycles. The van der Waals surface area contributed by atoms with Crippen molar-refractivity contribution in [1.82, 2.24) is 14.9 Å². The van der Waals surface area contributed by atoms with Crippen LogP contribution in [0.15, 0.2) is 42.6 Å². The highest BCUT2D eigenvalue weighted by atomic mass is 16.5. The van der Waals surface area contributed by atoms with Crippen LogP contribution in [-0.2, 0) is 11.3 Å². The second kappa shape index (κ2) is 10.4. The van der Waals surface area contributed by atoms with Crippen LogP contribution in [-0.4, -0.2) is 77.5 Å². The molecule has 0 saturated carbocycles. The van der Waals surface area contributed by atoms with Crippen LogP contribution in [0.1, 0.15) is 30.8 Å². The van der Waals surface area contributed by atoms with Crippen LogP contribution in [0.25, 0.3) is 10.9 Å². The zero-order valence-corrected chi connectivity index (χ0v) is 21.3. The SMILES string of the molecule is Cc1cc(N2CCN(C[C@H]3CN(c4ccc(C#N)c5ncccc45)C[C@@H](C)O3)[C@@H](C)C2)cc(CO)n1. The van der Waals surface area contributed by atoms with Crippen molar-refractivity contribution >= 4 is 22.3 Å². The van der Waals surface area contributed by atoms with Gasteiger partial charge in [-0.3, -0.25) is 14.9 Å². The van der Waals surface area contributed by atoms with Crippen LogP contribution in [0, 0.1) is 18.3 Å². The van der Waals surface area contributed by atoms with Gasteiger partial charge < -0.3 is 19.6 Å². The average molecular weight is 487 g/mol. The fourth-order valence-corrected chi connectivity index (χ4v) is 5.61. The van der Waals surface area contributed by atoms with E-state index in [0.717, 1.165) is 72.9 Å². The summed E-state index contributed by atoms with van der Waals surface area (Å²) in [4.78, 5) is 16.2. The van der Waals surface area contributed by atoms with Crippen molar-refractivity contribution in [3.63, 3.8) is 0 Å². The number of aliphatic hydroxyl groups is 1. The fraction of sp³-hybridized carbons (Fsp3) is 0.464. The van der Waals surface area contributed by atoms with Gasteiger partial charge in [0.15, 0.2) is 0 Å². The van der Waals surface area contributed by atoms with Gasteiger partial charge in [0, 0.05) is 74.0 Å². The number of piperazine rings is 1. The van der Waals surface area contributed by atoms with Gasteiger partial charge in [0.05, 0.1) is 35.6 Å². The third-order valence-corrected chi connectivity index (χ3v) is 7.26. The first-order valence-corrected chi connectivity index (χ1v) is 12.7. The van der Waals surface area contributed by atoms with Gasteiger partial charge in [-0.15, -0.1) is 0 Å². The Balaban J connectivity index is 1.28. The maximum atomic E-state index is 9.55. The lowest BCUT2D eigenvalue weighted by Crippen LogP contribution is -2.57. The molecule has 4 heterocycles. The highest BCUT2D eigenvalue weighted by Gasteiger charge is 2.31. The van der Waals surface area contributed by atoms with E-state index in [9.17, 15) is 10.4 Å². The molecule has 0 radical (unpaired) electrons. The van der Waals surface area contributed by atoms with E-state index in [-0.39, 0.29) is 18.8 Å². The maximum Gasteiger partial charge on any atom is 0.101 e. The molecule has 2 fully saturated rings. The lowest BCUT2D eigenvalue weighted by Gasteiger charge is -2.45. The molecule has 1 N–H and O–H groups in total. The highest BCUT2D eigenvalue weighted by molar-refractivity contribution is 5.95. The number of hydrogen-bond donors (Lipinski definition) is 1. The molecule has 3 aromatic rings. The summed E-state index contributed by atoms with van der Waals surface area (Å²) in [5.74, 6) is 0. The maximum absolute atomic E-state index is 9.55. The summed E-state index contributed by atoms with van der Waals surface area (Å²) >= 11 is 0. The second-order valence-corrected chi connectivity index (χ2v) is 10.0. The summed E-state index contributed by atoms with van der Waals surface area (Å²) in [5.41, 5.74) is 5.26. The zero-order valence-electron chi connectivity index (χ0n) is 21.3. The van der Waals surface area contributed by atoms with E-state index in [1.807, 2.05) is 25.1 Å². The normalized spacial score (nSPS) is 23.1. The van der Waals surface area contributed by atoms with E-state index in [2.05, 4.69) is 62.8 Å². The number of nitriles is 1. The van der Waals surface area contributed by atoms with Crippen molar-refractivity contribution in [2.45, 2.75) is 45.6 Å². The number of nitrogens with zero attached hydrogens (tertiary/aromatic N) is 6. The van der Waals surface area contributed by atoms with Gasteiger partial charge >= 0.3 is 0 Å². The van der Waals surface area contributed by atoms with Crippen LogP contribution in [0.2, 0.25) is 0 Å². The molecule has 2 aliphatic heterocycles. The smallest absolute Gasteiger partial charge is 0.101 e. The number of ether oxygens (including phenoxy) is 1. The Hall–Kier alpha value is -3.25. The molecule has 0 spiro atoms. The quantitative estimate of drug-likeness (QED) is 0.589. The third-order valence-electron chi connectivity index (χ3n) is 7.26. The molecular formula is C28H34N6O2. The van der Waals surface area contributed by atoms with Gasteiger partial charge in [0.1, 0.15) is 6.07 Å². The molecule has 36 heavy (non-hydrogen) atoms. The summed E-state index contributed by atoms with van der Waals surface area (Å²) in [6, 6.07) is 14.7. The van der Waals surface area contributed by atoms with E-state index in [1.54, 1.807) is 6.20 Å². The number of hydrogen-bond acceptors (Lipinski definition) is 8. The number of aromatic nitrogens is 2. The van der Waals surface area contributed by atoms with Gasteiger partial charge in [-0.05, 0) is 57.2 Å². The van der Waals surface area contributed by atoms with E-state index < -0.39 is 0 Å². The number of aryl methyl sites for hydroxylation is 1. The van der Waals surface area contributed by atoms with Crippen molar-refractivity contribution in [1.29, 1.82) is 5.26 Å². The minimum atomic E-state index is -0.0392. The number of fused-ring (bicyclic) bond motifs is 1. The van der Waals surface area contributed by atoms with Crippen molar-refractivity contribution in [2.75, 3.05) is 49.1 Å². The van der Waals surface area contributed by atoms with E-state index in [1.165, 1.54) is 0 Å². The molecule has 0 unspecified atom stereocenters. The Morgan fingerprint density at radius 1 is 1.11 bits per heavy atom. The largest absolute Gasteiger partial charge is 0.390 e. The number of morpholine rings is 1. The first-order chi connectivity index (χ1) is 17.4. The summed E-state index contributed by atoms with van der Waals surface area (Å²) in [6.45, 7) is 11.6. The zero-order chi connectivity index (χ0) is 25.2. The number of benzene rings is 1. The van der Waals surface area contributed by atoms with Gasteiger partial charge in [0.2, 0.25) is 0 Å². The Kier molecular flexibility index (Phi) is 7.06. The monoisotopic (exact) mass is 486 g/mol. The van der Waals surface area contributed by atoms with E-state index in [0.29, 0.717) is 11.6 Å². The number of anilines is 2. The van der Waals surface area contributed by atoms with Gasteiger partial charge in [0.25, 0.3) is 0 Å². The molecular weight excluding hydrogens is 452 g/mol. The highest BCUT2D eigenvalue weighted by Crippen LogP contribution is 2.31. The number of pyridine rings is 2. The van der Waals surface area contributed by atoms with Crippen molar-refractivity contribution in [2.24, 2.45) is 0 Å². The molecule has 1 aromatic carbocycles. The third kappa shape index (κ3) is 5.00. The van der Waals surface area contributed by atoms with Crippen LogP contribution in [0.5, 0.6) is 0 Å². The van der Waals surface area contributed by atoms with Crippen molar-refractivity contribution in [3.05, 3.63) is 59.5 Å². The second-order valence-electron chi connectivity index (χ2n) is 10.0. The first-order valence-electron chi connectivity index (χ1n) is 12.7. The molecule has 2 aromatic heterocycles. The van der Waals surface area contributed by atoms with E-state index in [4.69, 9.17) is 4.74 Å². The predicted octanol–water partition coefficient (Wildman–Crippen LogP) is 3.11. The van der Waals surface area contributed by atoms with Crippen molar-refractivity contribution < 1.29 is 9.84 Å². The van der Waals surface area contributed by atoms with Gasteiger partial charge in [-0.25, -0.2) is 0 Å². The standard InChI is InChI=1S/C28H34N6O2/c1-19-11-24(12-23(18-35)31-19)33-10-9-32(20(2)14-33)16-25-17-34(15-21(3)36-25)27-7-6-22(13-29)28-26(27)5-4-8-30-28/h4-8,11-12,20-21,25,35H,9-10,14-18H2,1-3H3/t20-,21+,25-/m0/s1. The molecule has 2 aliphatic rings. The lowest BCUT2D eigenvalue weighted by molar-refractivity contribution is -0.0382. The number of rotatable bonds is 5. The Morgan fingerprint density at radius 2 is 1.97 bits per heavy atom. The topological polar surface area (TPSA) is 88.8 Å². The minimum Gasteiger partial charge on any atom is -0.390 e. The van der Waals surface area contributed by atoms with Crippen LogP contribution in [0.4, 0.5) is 11.4 Å². The molecule has 0 bridgehead atoms. The minimum absolute atomic E-state index is 0.0392. The number of aliphatic hydroxyl groups excluding tert-OH is 1. The molecule has 3 atom stereocenters. The summed E-state index contributed by atoms with van der Waals surface area (Å²) < 4.78 is 6.40. The van der Waals surface area contributed by atoms with E-state index >= 15 is 0 Å². The van der Waals surface area contributed by atoms with Gasteiger partial charge in [-0.2, -0.15) is 5.26 Å². The molecule has 188 valence electrons. The molecule has 5 rings (SSSR count). The lowest BCUT2D eigenvalue weighted by atomic mass is 10.1. The average Bonchev–Trinajstić information content (AvgIpc) is 2.88.